The van der Waals surface area contributed by atoms with E-state index in [9.17, 15) is 4.79 Å². The fourth-order valence-electron chi connectivity index (χ4n) is 4.56. The summed E-state index contributed by atoms with van der Waals surface area (Å²) in [5.41, 5.74) is 1.48. The van der Waals surface area contributed by atoms with Crippen LogP contribution in [0.5, 0.6) is 0 Å². The fourth-order valence-corrected chi connectivity index (χ4v) is 5.78. The molecule has 1 saturated heterocycles. The normalized spacial score (nSPS) is 25.1. The molecule has 4 rings (SSSR count). The fraction of sp³-hybridized carbons (Fsp3) is 0.684. The molecule has 2 atom stereocenters. The highest BCUT2D eigenvalue weighted by Gasteiger charge is 2.22. The first-order chi connectivity index (χ1) is 11.6. The SMILES string of the molecule is C[C@@H]1C[C@@H](C)CN(CCn2cnc3sc4c(c3c2=O)CCCC4)C1. The topological polar surface area (TPSA) is 38.1 Å². The number of aromatic nitrogens is 2. The lowest BCUT2D eigenvalue weighted by Crippen LogP contribution is -2.41. The van der Waals surface area contributed by atoms with Crippen LogP contribution < -0.4 is 5.56 Å². The number of likely N-dealkylation sites (tertiary alicyclic amines) is 1. The van der Waals surface area contributed by atoms with Gasteiger partial charge in [0, 0.05) is 31.1 Å². The lowest BCUT2D eigenvalue weighted by Gasteiger charge is -2.34. The third-order valence-electron chi connectivity index (χ3n) is 5.54. The first-order valence-corrected chi connectivity index (χ1v) is 10.2. The molecular weight excluding hydrogens is 318 g/mol. The summed E-state index contributed by atoms with van der Waals surface area (Å²) in [6, 6.07) is 0. The lowest BCUT2D eigenvalue weighted by atomic mass is 9.92. The van der Waals surface area contributed by atoms with Crippen molar-refractivity contribution in [1.29, 1.82) is 0 Å². The second kappa shape index (κ2) is 6.60. The molecule has 0 saturated carbocycles. The third-order valence-corrected chi connectivity index (χ3v) is 6.74. The Morgan fingerprint density at radius 2 is 1.92 bits per heavy atom. The molecule has 0 radical (unpaired) electrons. The van der Waals surface area contributed by atoms with Gasteiger partial charge in [-0.1, -0.05) is 13.8 Å². The standard InChI is InChI=1S/C19H27N3OS/c1-13-9-14(2)11-21(10-13)7-8-22-12-20-18-17(19(22)23)15-5-3-4-6-16(15)24-18/h12-14H,3-11H2,1-2H3/t13-,14-/m1/s1. The van der Waals surface area contributed by atoms with Crippen molar-refractivity contribution >= 4 is 21.6 Å². The smallest absolute Gasteiger partial charge is 0.262 e. The molecule has 1 aliphatic carbocycles. The van der Waals surface area contributed by atoms with Crippen molar-refractivity contribution < 1.29 is 0 Å². The van der Waals surface area contributed by atoms with Crippen LogP contribution in [0.1, 0.15) is 43.6 Å². The third kappa shape index (κ3) is 3.04. The zero-order chi connectivity index (χ0) is 16.7. The zero-order valence-electron chi connectivity index (χ0n) is 14.8. The highest BCUT2D eigenvalue weighted by molar-refractivity contribution is 7.18. The maximum atomic E-state index is 13.0. The molecule has 2 aromatic rings. The summed E-state index contributed by atoms with van der Waals surface area (Å²) in [6.45, 7) is 8.69. The van der Waals surface area contributed by atoms with Crippen LogP contribution >= 0.6 is 11.3 Å². The van der Waals surface area contributed by atoms with E-state index in [1.54, 1.807) is 17.7 Å². The molecule has 0 spiro atoms. The first-order valence-electron chi connectivity index (χ1n) is 9.34. The predicted octanol–water partition coefficient (Wildman–Crippen LogP) is 3.31. The Hall–Kier alpha value is -1.20. The number of rotatable bonds is 3. The number of piperidine rings is 1. The van der Waals surface area contributed by atoms with Crippen molar-refractivity contribution in [2.75, 3.05) is 19.6 Å². The average Bonchev–Trinajstić information content (AvgIpc) is 2.92. The molecule has 1 aliphatic heterocycles. The van der Waals surface area contributed by atoms with Crippen LogP contribution in [0, 0.1) is 11.8 Å². The van der Waals surface area contributed by atoms with Crippen LogP contribution in [0.25, 0.3) is 10.2 Å². The van der Waals surface area contributed by atoms with Gasteiger partial charge in [0.2, 0.25) is 0 Å². The van der Waals surface area contributed by atoms with Crippen molar-refractivity contribution in [2.24, 2.45) is 11.8 Å². The van der Waals surface area contributed by atoms with Gasteiger partial charge in [-0.3, -0.25) is 9.36 Å². The minimum Gasteiger partial charge on any atom is -0.301 e. The van der Waals surface area contributed by atoms with Crippen LogP contribution in [0.2, 0.25) is 0 Å². The van der Waals surface area contributed by atoms with Gasteiger partial charge in [0.05, 0.1) is 11.7 Å². The van der Waals surface area contributed by atoms with E-state index in [4.69, 9.17) is 0 Å². The van der Waals surface area contributed by atoms with E-state index in [1.165, 1.54) is 29.7 Å². The van der Waals surface area contributed by atoms with Crippen LogP contribution in [0.3, 0.4) is 0 Å². The summed E-state index contributed by atoms with van der Waals surface area (Å²) in [6.07, 6.45) is 7.72. The lowest BCUT2D eigenvalue weighted by molar-refractivity contribution is 0.136. The van der Waals surface area contributed by atoms with Gasteiger partial charge in [-0.15, -0.1) is 11.3 Å². The second-order valence-corrected chi connectivity index (χ2v) is 8.92. The van der Waals surface area contributed by atoms with Crippen LogP contribution in [0.4, 0.5) is 0 Å². The Bertz CT molecular complexity index is 784. The van der Waals surface area contributed by atoms with Crippen LogP contribution in [-0.4, -0.2) is 34.1 Å². The van der Waals surface area contributed by atoms with Gasteiger partial charge in [0.1, 0.15) is 4.83 Å². The van der Waals surface area contributed by atoms with Crippen molar-refractivity contribution in [1.82, 2.24) is 14.5 Å². The molecule has 130 valence electrons. The molecule has 3 heterocycles. The quantitative estimate of drug-likeness (QED) is 0.856. The summed E-state index contributed by atoms with van der Waals surface area (Å²) in [4.78, 5) is 22.4. The molecule has 0 aromatic carbocycles. The number of hydrogen-bond donors (Lipinski definition) is 0. The van der Waals surface area contributed by atoms with E-state index in [0.717, 1.165) is 61.1 Å². The van der Waals surface area contributed by atoms with Gasteiger partial charge in [-0.25, -0.2) is 4.98 Å². The monoisotopic (exact) mass is 345 g/mol. The first kappa shape index (κ1) is 16.3. The van der Waals surface area contributed by atoms with E-state index in [2.05, 4.69) is 23.7 Å². The predicted molar refractivity (Wildman–Crippen MR) is 99.9 cm³/mol. The Balaban J connectivity index is 1.56. The Kier molecular flexibility index (Phi) is 4.48. The second-order valence-electron chi connectivity index (χ2n) is 7.84. The molecule has 2 aliphatic rings. The average molecular weight is 346 g/mol. The number of hydrogen-bond acceptors (Lipinski definition) is 4. The van der Waals surface area contributed by atoms with Crippen molar-refractivity contribution in [2.45, 2.75) is 52.5 Å². The number of thiophene rings is 1. The Morgan fingerprint density at radius 1 is 1.17 bits per heavy atom. The van der Waals surface area contributed by atoms with Crippen molar-refractivity contribution in [3.05, 3.63) is 27.1 Å². The van der Waals surface area contributed by atoms with Gasteiger partial charge in [0.25, 0.3) is 5.56 Å². The van der Waals surface area contributed by atoms with Gasteiger partial charge < -0.3 is 4.90 Å². The molecule has 24 heavy (non-hydrogen) atoms. The van der Waals surface area contributed by atoms with Crippen molar-refractivity contribution in [3.8, 4) is 0 Å². The van der Waals surface area contributed by atoms with Crippen LogP contribution in [-0.2, 0) is 19.4 Å². The van der Waals surface area contributed by atoms with E-state index in [-0.39, 0.29) is 5.56 Å². The molecular formula is C19H27N3OS. The summed E-state index contributed by atoms with van der Waals surface area (Å²) < 4.78 is 1.84. The number of aryl methyl sites for hydroxylation is 2. The van der Waals surface area contributed by atoms with E-state index in [0.29, 0.717) is 0 Å². The molecule has 5 heteroatoms. The maximum absolute atomic E-state index is 13.0. The molecule has 0 N–H and O–H groups in total. The highest BCUT2D eigenvalue weighted by atomic mass is 32.1. The number of nitrogens with zero attached hydrogens (tertiary/aromatic N) is 3. The van der Waals surface area contributed by atoms with Gasteiger partial charge in [-0.2, -0.15) is 0 Å². The molecule has 2 aromatic heterocycles. The van der Waals surface area contributed by atoms with Gasteiger partial charge in [0.15, 0.2) is 0 Å². The van der Waals surface area contributed by atoms with E-state index in [1.807, 2.05) is 4.57 Å². The highest BCUT2D eigenvalue weighted by Crippen LogP contribution is 2.33. The molecule has 4 nitrogen and oxygen atoms in total. The van der Waals surface area contributed by atoms with Crippen molar-refractivity contribution in [3.63, 3.8) is 0 Å². The number of fused-ring (bicyclic) bond motifs is 3. The minimum absolute atomic E-state index is 0.178. The molecule has 0 bridgehead atoms. The minimum atomic E-state index is 0.178. The summed E-state index contributed by atoms with van der Waals surface area (Å²) in [5.74, 6) is 1.52. The summed E-state index contributed by atoms with van der Waals surface area (Å²) in [5, 5.41) is 0.914. The molecule has 0 amide bonds. The molecule has 0 unspecified atom stereocenters. The van der Waals surface area contributed by atoms with Crippen LogP contribution in [0.15, 0.2) is 11.1 Å². The van der Waals surface area contributed by atoms with Gasteiger partial charge in [-0.05, 0) is 49.5 Å². The zero-order valence-corrected chi connectivity index (χ0v) is 15.6. The largest absolute Gasteiger partial charge is 0.301 e. The van der Waals surface area contributed by atoms with E-state index < -0.39 is 0 Å². The van der Waals surface area contributed by atoms with Gasteiger partial charge >= 0.3 is 0 Å². The Morgan fingerprint density at radius 3 is 2.71 bits per heavy atom. The summed E-state index contributed by atoms with van der Waals surface area (Å²) in [7, 11) is 0. The van der Waals surface area contributed by atoms with E-state index >= 15 is 0 Å². The maximum Gasteiger partial charge on any atom is 0.262 e. The Labute approximate surface area is 147 Å². The molecule has 1 fully saturated rings. The summed E-state index contributed by atoms with van der Waals surface area (Å²) >= 11 is 1.73.